The minimum atomic E-state index is 0.201. The van der Waals surface area contributed by atoms with E-state index in [4.69, 9.17) is 9.47 Å². The molecule has 0 bridgehead atoms. The highest BCUT2D eigenvalue weighted by atomic mass is 16.5. The van der Waals surface area contributed by atoms with Crippen molar-refractivity contribution in [3.63, 3.8) is 0 Å². The Morgan fingerprint density at radius 2 is 1.96 bits per heavy atom. The Labute approximate surface area is 169 Å². The van der Waals surface area contributed by atoms with Gasteiger partial charge in [0.2, 0.25) is 0 Å². The molecule has 2 N–H and O–H groups in total. The lowest BCUT2D eigenvalue weighted by Crippen LogP contribution is -2.58. The van der Waals surface area contributed by atoms with Crippen molar-refractivity contribution in [3.8, 4) is 5.75 Å². The quantitative estimate of drug-likeness (QED) is 0.555. The molecule has 156 valence electrons. The van der Waals surface area contributed by atoms with Crippen molar-refractivity contribution in [1.82, 2.24) is 15.5 Å². The topological polar surface area (TPSA) is 58.1 Å². The second-order valence-electron chi connectivity index (χ2n) is 7.95. The summed E-state index contributed by atoms with van der Waals surface area (Å²) in [4.78, 5) is 7.11. The molecule has 1 aromatic rings. The van der Waals surface area contributed by atoms with E-state index in [1.807, 2.05) is 13.1 Å². The third-order valence-electron chi connectivity index (χ3n) is 6.13. The highest BCUT2D eigenvalue weighted by molar-refractivity contribution is 5.79. The fourth-order valence-electron chi connectivity index (χ4n) is 4.43. The van der Waals surface area contributed by atoms with Gasteiger partial charge < -0.3 is 20.1 Å². The second-order valence-corrected chi connectivity index (χ2v) is 7.95. The summed E-state index contributed by atoms with van der Waals surface area (Å²) in [6, 6.07) is 6.33. The van der Waals surface area contributed by atoms with Gasteiger partial charge in [0.1, 0.15) is 5.75 Å². The molecular weight excluding hydrogens is 352 g/mol. The molecule has 2 saturated heterocycles. The van der Waals surface area contributed by atoms with Crippen LogP contribution >= 0.6 is 0 Å². The zero-order chi connectivity index (χ0) is 19.8. The molecule has 2 aliphatic heterocycles. The summed E-state index contributed by atoms with van der Waals surface area (Å²) >= 11 is 0. The first-order valence-corrected chi connectivity index (χ1v) is 10.6. The molecule has 0 radical (unpaired) electrons. The van der Waals surface area contributed by atoms with E-state index in [1.165, 1.54) is 37.1 Å². The maximum atomic E-state index is 5.65. The van der Waals surface area contributed by atoms with Gasteiger partial charge in [0.25, 0.3) is 0 Å². The predicted molar refractivity (Wildman–Crippen MR) is 114 cm³/mol. The normalized spacial score (nSPS) is 20.2. The Morgan fingerprint density at radius 3 is 2.64 bits per heavy atom. The molecule has 0 unspecified atom stereocenters. The van der Waals surface area contributed by atoms with Gasteiger partial charge in [-0.15, -0.1) is 0 Å². The minimum absolute atomic E-state index is 0.201. The van der Waals surface area contributed by atoms with Crippen LogP contribution < -0.4 is 15.4 Å². The van der Waals surface area contributed by atoms with Crippen LogP contribution in [0.1, 0.15) is 36.8 Å². The number of methoxy groups -OCH3 is 1. The Hall–Kier alpha value is -1.79. The fourth-order valence-corrected chi connectivity index (χ4v) is 4.43. The van der Waals surface area contributed by atoms with E-state index in [2.05, 4.69) is 39.6 Å². The Bertz CT molecular complexity index is 650. The van der Waals surface area contributed by atoms with Gasteiger partial charge in [-0.05, 0) is 63.7 Å². The van der Waals surface area contributed by atoms with Crippen molar-refractivity contribution in [2.75, 3.05) is 53.6 Å². The maximum absolute atomic E-state index is 5.65. The Kier molecular flexibility index (Phi) is 7.57. The van der Waals surface area contributed by atoms with Gasteiger partial charge in [-0.2, -0.15) is 0 Å². The van der Waals surface area contributed by atoms with Crippen molar-refractivity contribution in [1.29, 1.82) is 0 Å². The van der Waals surface area contributed by atoms with Gasteiger partial charge in [-0.25, -0.2) is 0 Å². The zero-order valence-corrected chi connectivity index (χ0v) is 17.7. The lowest BCUT2D eigenvalue weighted by atomic mass is 9.88. The molecule has 0 aromatic heterocycles. The molecule has 1 aromatic carbocycles. The third-order valence-corrected chi connectivity index (χ3v) is 6.13. The van der Waals surface area contributed by atoms with Crippen LogP contribution in [0.5, 0.6) is 5.75 Å². The van der Waals surface area contributed by atoms with Crippen LogP contribution in [-0.4, -0.2) is 69.9 Å². The lowest BCUT2D eigenvalue weighted by molar-refractivity contribution is -0.0164. The monoisotopic (exact) mass is 388 g/mol. The molecule has 0 aliphatic carbocycles. The van der Waals surface area contributed by atoms with Crippen LogP contribution in [0.15, 0.2) is 23.2 Å². The average molecular weight is 389 g/mol. The maximum Gasteiger partial charge on any atom is 0.191 e. The highest BCUT2D eigenvalue weighted by Gasteiger charge is 2.39. The summed E-state index contributed by atoms with van der Waals surface area (Å²) in [5.74, 6) is 1.82. The first-order chi connectivity index (χ1) is 13.7. The lowest BCUT2D eigenvalue weighted by Gasteiger charge is -2.45. The van der Waals surface area contributed by atoms with Crippen molar-refractivity contribution in [2.24, 2.45) is 4.99 Å². The Balaban J connectivity index is 1.53. The predicted octanol–water partition coefficient (Wildman–Crippen LogP) is 2.36. The largest absolute Gasteiger partial charge is 0.496 e. The van der Waals surface area contributed by atoms with E-state index in [-0.39, 0.29) is 5.54 Å². The van der Waals surface area contributed by atoms with Gasteiger partial charge in [0.15, 0.2) is 5.96 Å². The van der Waals surface area contributed by atoms with E-state index in [9.17, 15) is 0 Å². The zero-order valence-electron chi connectivity index (χ0n) is 17.7. The molecule has 0 saturated carbocycles. The molecule has 6 heteroatoms. The van der Waals surface area contributed by atoms with Gasteiger partial charge in [0.05, 0.1) is 7.11 Å². The second kappa shape index (κ2) is 10.1. The average Bonchev–Trinajstić information content (AvgIpc) is 3.27. The molecule has 2 fully saturated rings. The SMILES string of the molecule is CN=C(NCCc1cc(C)ccc1OC)NCC1(N2CCCC2)CCOCC1. The van der Waals surface area contributed by atoms with Gasteiger partial charge in [-0.3, -0.25) is 9.89 Å². The Morgan fingerprint density at radius 1 is 1.21 bits per heavy atom. The summed E-state index contributed by atoms with van der Waals surface area (Å²) in [6.45, 7) is 7.99. The number of guanidine groups is 1. The highest BCUT2D eigenvalue weighted by Crippen LogP contribution is 2.30. The summed E-state index contributed by atoms with van der Waals surface area (Å²) in [7, 11) is 3.57. The molecule has 2 heterocycles. The number of hydrogen-bond acceptors (Lipinski definition) is 4. The van der Waals surface area contributed by atoms with Crippen molar-refractivity contribution in [2.45, 2.75) is 44.6 Å². The first kappa shape index (κ1) is 20.9. The molecule has 28 heavy (non-hydrogen) atoms. The third kappa shape index (κ3) is 5.17. The summed E-state index contributed by atoms with van der Waals surface area (Å²) in [6.07, 6.45) is 5.72. The number of nitrogens with zero attached hydrogens (tertiary/aromatic N) is 2. The smallest absolute Gasteiger partial charge is 0.191 e. The van der Waals surface area contributed by atoms with E-state index in [0.29, 0.717) is 0 Å². The molecule has 0 atom stereocenters. The van der Waals surface area contributed by atoms with Crippen molar-refractivity contribution >= 4 is 5.96 Å². The summed E-state index contributed by atoms with van der Waals surface area (Å²) in [5, 5.41) is 7.06. The standard InChI is InChI=1S/C22H36N4O2/c1-18-6-7-20(27-3)19(16-18)8-11-24-21(23-2)25-17-22(9-14-28-15-10-22)26-12-4-5-13-26/h6-7,16H,4-5,8-15,17H2,1-3H3,(H2,23,24,25). The molecule has 6 nitrogen and oxygen atoms in total. The van der Waals surface area contributed by atoms with E-state index in [1.54, 1.807) is 7.11 Å². The number of ether oxygens (including phenoxy) is 2. The number of rotatable bonds is 7. The van der Waals surface area contributed by atoms with Crippen LogP contribution in [0.3, 0.4) is 0 Å². The molecule has 3 rings (SSSR count). The number of benzene rings is 1. The molecular formula is C22H36N4O2. The molecule has 0 amide bonds. The van der Waals surface area contributed by atoms with Gasteiger partial charge >= 0.3 is 0 Å². The number of likely N-dealkylation sites (tertiary alicyclic amines) is 1. The number of aliphatic imine (C=N–C) groups is 1. The van der Waals surface area contributed by atoms with Gasteiger partial charge in [-0.1, -0.05) is 17.7 Å². The minimum Gasteiger partial charge on any atom is -0.496 e. The number of hydrogen-bond donors (Lipinski definition) is 2. The van der Waals surface area contributed by atoms with Crippen LogP contribution in [0, 0.1) is 6.92 Å². The van der Waals surface area contributed by atoms with Crippen molar-refractivity contribution in [3.05, 3.63) is 29.3 Å². The van der Waals surface area contributed by atoms with E-state index in [0.717, 1.165) is 57.3 Å². The first-order valence-electron chi connectivity index (χ1n) is 10.6. The molecule has 0 spiro atoms. The van der Waals surface area contributed by atoms with E-state index >= 15 is 0 Å². The van der Waals surface area contributed by atoms with Crippen LogP contribution in [0.2, 0.25) is 0 Å². The van der Waals surface area contributed by atoms with Crippen LogP contribution in [0.25, 0.3) is 0 Å². The van der Waals surface area contributed by atoms with Crippen LogP contribution in [-0.2, 0) is 11.2 Å². The summed E-state index contributed by atoms with van der Waals surface area (Å²) in [5.41, 5.74) is 2.68. The van der Waals surface area contributed by atoms with E-state index < -0.39 is 0 Å². The number of nitrogens with one attached hydrogen (secondary N) is 2. The number of aryl methyl sites for hydroxylation is 1. The molecule has 2 aliphatic rings. The van der Waals surface area contributed by atoms with Crippen molar-refractivity contribution < 1.29 is 9.47 Å². The van der Waals surface area contributed by atoms with Crippen LogP contribution in [0.4, 0.5) is 0 Å². The van der Waals surface area contributed by atoms with Gasteiger partial charge in [0, 0.05) is 38.9 Å². The summed E-state index contributed by atoms with van der Waals surface area (Å²) < 4.78 is 11.1. The fraction of sp³-hybridized carbons (Fsp3) is 0.682.